The minimum atomic E-state index is -4.45. The number of alkyl halides is 3. The SMILES string of the molecule is CC(C)(C)Cn1cc([C@H](CC(C)(C)S(N)=O)C(F)(F)F)c2ccc(C3CC3)cc21. The van der Waals surface area contributed by atoms with E-state index in [1.54, 1.807) is 6.20 Å². The van der Waals surface area contributed by atoms with E-state index in [0.717, 1.165) is 18.4 Å². The van der Waals surface area contributed by atoms with Gasteiger partial charge in [0.1, 0.15) is 0 Å². The highest BCUT2D eigenvalue weighted by Crippen LogP contribution is 2.46. The van der Waals surface area contributed by atoms with E-state index in [2.05, 4.69) is 26.8 Å². The van der Waals surface area contributed by atoms with Crippen LogP contribution in [0.15, 0.2) is 24.4 Å². The van der Waals surface area contributed by atoms with Crippen LogP contribution in [0.25, 0.3) is 10.9 Å². The molecule has 0 bridgehead atoms. The molecule has 0 spiro atoms. The summed E-state index contributed by atoms with van der Waals surface area (Å²) >= 11 is 0. The van der Waals surface area contributed by atoms with Crippen LogP contribution in [0.3, 0.4) is 0 Å². The Labute approximate surface area is 173 Å². The number of aromatic nitrogens is 1. The maximum Gasteiger partial charge on any atom is 0.395 e. The van der Waals surface area contributed by atoms with Gasteiger partial charge in [-0.2, -0.15) is 13.2 Å². The molecule has 1 aliphatic rings. The molecule has 162 valence electrons. The average molecular weight is 429 g/mol. The number of halogens is 3. The van der Waals surface area contributed by atoms with Crippen molar-refractivity contribution < 1.29 is 17.4 Å². The fourth-order valence-electron chi connectivity index (χ4n) is 3.90. The predicted octanol–water partition coefficient (Wildman–Crippen LogP) is 6.00. The Morgan fingerprint density at radius 3 is 2.28 bits per heavy atom. The van der Waals surface area contributed by atoms with Gasteiger partial charge in [-0.1, -0.05) is 32.9 Å². The largest absolute Gasteiger partial charge is 0.395 e. The summed E-state index contributed by atoms with van der Waals surface area (Å²) < 4.78 is 55.1. The first-order valence-electron chi connectivity index (χ1n) is 10.0. The smallest absolute Gasteiger partial charge is 0.347 e. The molecule has 2 atom stereocenters. The van der Waals surface area contributed by atoms with E-state index < -0.39 is 27.8 Å². The van der Waals surface area contributed by atoms with Crippen molar-refractivity contribution in [3.63, 3.8) is 0 Å². The lowest BCUT2D eigenvalue weighted by molar-refractivity contribution is -0.152. The molecule has 2 N–H and O–H groups in total. The number of nitrogens with two attached hydrogens (primary N) is 1. The van der Waals surface area contributed by atoms with E-state index in [4.69, 9.17) is 5.14 Å². The zero-order valence-corrected chi connectivity index (χ0v) is 18.6. The Hall–Kier alpha value is -1.34. The second-order valence-corrected chi connectivity index (χ2v) is 11.9. The van der Waals surface area contributed by atoms with Gasteiger partial charge in [0.15, 0.2) is 0 Å². The van der Waals surface area contributed by atoms with Gasteiger partial charge >= 0.3 is 6.18 Å². The van der Waals surface area contributed by atoms with E-state index in [9.17, 15) is 17.4 Å². The summed E-state index contributed by atoms with van der Waals surface area (Å²) in [6, 6.07) is 5.86. The van der Waals surface area contributed by atoms with Crippen LogP contribution in [-0.2, 0) is 17.5 Å². The molecule has 1 aromatic carbocycles. The Morgan fingerprint density at radius 1 is 1.17 bits per heavy atom. The van der Waals surface area contributed by atoms with Crippen LogP contribution in [-0.4, -0.2) is 19.7 Å². The third kappa shape index (κ3) is 5.05. The second-order valence-electron chi connectivity index (χ2n) is 10.2. The van der Waals surface area contributed by atoms with Gasteiger partial charge in [0, 0.05) is 23.6 Å². The minimum absolute atomic E-state index is 0.0788. The number of rotatable bonds is 6. The average Bonchev–Trinajstić information content (AvgIpc) is 3.34. The number of hydrogen-bond donors (Lipinski definition) is 1. The van der Waals surface area contributed by atoms with Crippen LogP contribution in [0.4, 0.5) is 13.2 Å². The lowest BCUT2D eigenvalue weighted by Crippen LogP contribution is -2.37. The van der Waals surface area contributed by atoms with E-state index in [0.29, 0.717) is 17.8 Å². The highest BCUT2D eigenvalue weighted by atomic mass is 32.2. The van der Waals surface area contributed by atoms with Crippen LogP contribution < -0.4 is 5.14 Å². The molecule has 2 aromatic rings. The van der Waals surface area contributed by atoms with E-state index in [1.165, 1.54) is 19.4 Å². The molecule has 1 fully saturated rings. The maximum atomic E-state index is 14.1. The Morgan fingerprint density at radius 2 is 1.79 bits per heavy atom. The first-order chi connectivity index (χ1) is 13.2. The van der Waals surface area contributed by atoms with Crippen LogP contribution in [0, 0.1) is 5.41 Å². The van der Waals surface area contributed by atoms with E-state index in [-0.39, 0.29) is 17.4 Å². The normalized spacial score (nSPS) is 18.2. The molecule has 1 unspecified atom stereocenters. The molecule has 1 aliphatic carbocycles. The third-order valence-corrected chi connectivity index (χ3v) is 6.90. The van der Waals surface area contributed by atoms with Crippen molar-refractivity contribution >= 4 is 21.9 Å². The van der Waals surface area contributed by atoms with Crippen molar-refractivity contribution in [3.05, 3.63) is 35.5 Å². The van der Waals surface area contributed by atoms with Gasteiger partial charge in [0.05, 0.1) is 21.7 Å². The molecule has 0 radical (unpaired) electrons. The van der Waals surface area contributed by atoms with Crippen LogP contribution in [0.2, 0.25) is 0 Å². The number of benzene rings is 1. The molecule has 0 aliphatic heterocycles. The first kappa shape index (κ1) is 22.3. The van der Waals surface area contributed by atoms with Crippen LogP contribution >= 0.6 is 0 Å². The summed E-state index contributed by atoms with van der Waals surface area (Å²) in [4.78, 5) is 0. The molecule has 3 rings (SSSR count). The van der Waals surface area contributed by atoms with Gasteiger partial charge < -0.3 is 4.57 Å². The van der Waals surface area contributed by atoms with Gasteiger partial charge in [-0.15, -0.1) is 0 Å². The summed E-state index contributed by atoms with van der Waals surface area (Å²) in [5, 5.41) is 6.13. The second kappa shape index (κ2) is 7.41. The summed E-state index contributed by atoms with van der Waals surface area (Å²) in [5.41, 5.74) is 2.21. The number of nitrogens with zero attached hydrogens (tertiary/aromatic N) is 1. The summed E-state index contributed by atoms with van der Waals surface area (Å²) in [6.45, 7) is 9.90. The van der Waals surface area contributed by atoms with Crippen molar-refractivity contribution in [2.24, 2.45) is 10.6 Å². The standard InChI is InChI=1S/C22H31F3N2OS/c1-20(2,3)13-27-12-17(16-9-8-15(10-19(16)27)14-6-7-14)18(22(23,24)25)11-21(4,5)29(26)28/h8-10,12,14,18H,6-7,11,13,26H2,1-5H3/t18-,29?/m0/s1. The van der Waals surface area contributed by atoms with E-state index >= 15 is 0 Å². The molecule has 1 heterocycles. The molecular formula is C22H31F3N2OS. The number of fused-ring (bicyclic) bond motifs is 1. The Bertz CT molecular complexity index is 921. The fourth-order valence-corrected chi connectivity index (χ4v) is 4.23. The van der Waals surface area contributed by atoms with Crippen LogP contribution in [0.5, 0.6) is 0 Å². The van der Waals surface area contributed by atoms with Gasteiger partial charge in [-0.3, -0.25) is 5.14 Å². The van der Waals surface area contributed by atoms with Crippen molar-refractivity contribution in [1.82, 2.24) is 4.57 Å². The van der Waals surface area contributed by atoms with Crippen molar-refractivity contribution in [2.75, 3.05) is 0 Å². The maximum absolute atomic E-state index is 14.1. The molecule has 0 saturated heterocycles. The molecule has 0 amide bonds. The summed E-state index contributed by atoms with van der Waals surface area (Å²) in [6.07, 6.45) is -0.842. The molecule has 1 aromatic heterocycles. The lowest BCUT2D eigenvalue weighted by atomic mass is 9.88. The molecule has 7 heteroatoms. The highest BCUT2D eigenvalue weighted by Gasteiger charge is 2.46. The van der Waals surface area contributed by atoms with Crippen molar-refractivity contribution in [3.8, 4) is 0 Å². The lowest BCUT2D eigenvalue weighted by Gasteiger charge is -2.29. The first-order valence-corrected chi connectivity index (χ1v) is 11.3. The molecule has 3 nitrogen and oxygen atoms in total. The Balaban J connectivity index is 2.16. The summed E-state index contributed by atoms with van der Waals surface area (Å²) in [7, 11) is -1.86. The van der Waals surface area contributed by atoms with Crippen molar-refractivity contribution in [2.45, 2.75) is 83.2 Å². The highest BCUT2D eigenvalue weighted by molar-refractivity contribution is 7.84. The quantitative estimate of drug-likeness (QED) is 0.602. The van der Waals surface area contributed by atoms with Gasteiger partial charge in [0.25, 0.3) is 0 Å². The van der Waals surface area contributed by atoms with E-state index in [1.807, 2.05) is 16.7 Å². The predicted molar refractivity (Wildman–Crippen MR) is 113 cm³/mol. The van der Waals surface area contributed by atoms with Crippen molar-refractivity contribution in [1.29, 1.82) is 0 Å². The van der Waals surface area contributed by atoms with Gasteiger partial charge in [-0.25, -0.2) is 4.21 Å². The zero-order valence-electron chi connectivity index (χ0n) is 17.8. The molecular weight excluding hydrogens is 397 g/mol. The minimum Gasteiger partial charge on any atom is -0.347 e. The Kier molecular flexibility index (Phi) is 5.71. The fraction of sp³-hybridized carbons (Fsp3) is 0.636. The topological polar surface area (TPSA) is 48.0 Å². The number of hydrogen-bond acceptors (Lipinski definition) is 1. The monoisotopic (exact) mass is 428 g/mol. The van der Waals surface area contributed by atoms with Gasteiger partial charge in [-0.05, 0) is 61.6 Å². The molecule has 29 heavy (non-hydrogen) atoms. The van der Waals surface area contributed by atoms with Crippen LogP contribution in [0.1, 0.15) is 76.8 Å². The van der Waals surface area contributed by atoms with Gasteiger partial charge in [0.2, 0.25) is 0 Å². The zero-order chi connectivity index (χ0) is 21.8. The summed E-state index contributed by atoms with van der Waals surface area (Å²) in [5.74, 6) is -1.20. The third-order valence-electron chi connectivity index (χ3n) is 5.64. The molecule has 1 saturated carbocycles.